The van der Waals surface area contributed by atoms with Crippen molar-refractivity contribution < 1.29 is 23.8 Å². The van der Waals surface area contributed by atoms with Crippen molar-refractivity contribution in [2.45, 2.75) is 39.7 Å². The first-order chi connectivity index (χ1) is 15.8. The zero-order valence-corrected chi connectivity index (χ0v) is 19.4. The number of aliphatic imine (C=N–C) groups is 1. The molecular formula is C26H31FN2O4. The van der Waals surface area contributed by atoms with Gasteiger partial charge in [0.15, 0.2) is 11.7 Å². The van der Waals surface area contributed by atoms with Gasteiger partial charge in [-0.15, -0.1) is 0 Å². The maximum atomic E-state index is 14.6. The predicted octanol–water partition coefficient (Wildman–Crippen LogP) is 4.85. The number of halogens is 1. The summed E-state index contributed by atoms with van der Waals surface area (Å²) in [7, 11) is 0. The summed E-state index contributed by atoms with van der Waals surface area (Å²) in [5.41, 5.74) is 2.44. The van der Waals surface area contributed by atoms with E-state index in [1.807, 2.05) is 12.1 Å². The normalized spacial score (nSPS) is 16.1. The lowest BCUT2D eigenvalue weighted by molar-refractivity contribution is -0.138. The number of hydrogen-bond donors (Lipinski definition) is 1. The second-order valence-corrected chi connectivity index (χ2v) is 8.54. The van der Waals surface area contributed by atoms with Crippen LogP contribution in [0.4, 0.5) is 10.1 Å². The number of carbonyl (C=O) groups excluding carboxylic acids is 1. The lowest BCUT2D eigenvalue weighted by Gasteiger charge is -2.26. The van der Waals surface area contributed by atoms with Crippen molar-refractivity contribution in [3.63, 3.8) is 0 Å². The van der Waals surface area contributed by atoms with E-state index in [1.54, 1.807) is 25.1 Å². The Morgan fingerprint density at radius 2 is 1.79 bits per heavy atom. The van der Waals surface area contributed by atoms with E-state index in [0.29, 0.717) is 31.4 Å². The highest BCUT2D eigenvalue weighted by atomic mass is 19.1. The third-order valence-corrected chi connectivity index (χ3v) is 5.84. The van der Waals surface area contributed by atoms with Crippen LogP contribution in [0, 0.1) is 11.7 Å². The molecular weight excluding hydrogens is 423 g/mol. The molecule has 0 spiro atoms. The van der Waals surface area contributed by atoms with Gasteiger partial charge in [0, 0.05) is 25.3 Å². The summed E-state index contributed by atoms with van der Waals surface area (Å²) in [5.74, 6) is -4.04. The average molecular weight is 455 g/mol. The van der Waals surface area contributed by atoms with Crippen molar-refractivity contribution in [2.24, 2.45) is 10.9 Å². The molecule has 3 rings (SSSR count). The molecule has 1 saturated heterocycles. The van der Waals surface area contributed by atoms with Crippen LogP contribution in [0.5, 0.6) is 0 Å². The summed E-state index contributed by atoms with van der Waals surface area (Å²) in [6.07, 6.45) is 0.254. The number of ketones is 1. The monoisotopic (exact) mass is 454 g/mol. The van der Waals surface area contributed by atoms with Gasteiger partial charge in [0.2, 0.25) is 0 Å². The van der Waals surface area contributed by atoms with Crippen molar-refractivity contribution in [3.8, 4) is 0 Å². The van der Waals surface area contributed by atoms with Crippen LogP contribution in [-0.4, -0.2) is 53.8 Å². The first-order valence-corrected chi connectivity index (χ1v) is 11.3. The minimum absolute atomic E-state index is 0.197. The number of aliphatic carboxylic acids is 1. The lowest BCUT2D eigenvalue weighted by atomic mass is 9.90. The lowest BCUT2D eigenvalue weighted by Crippen LogP contribution is -2.36. The second-order valence-electron chi connectivity index (χ2n) is 8.54. The van der Waals surface area contributed by atoms with Crippen molar-refractivity contribution in [3.05, 3.63) is 65.0 Å². The first kappa shape index (κ1) is 24.7. The quantitative estimate of drug-likeness (QED) is 0.333. The Morgan fingerprint density at radius 3 is 2.36 bits per heavy atom. The predicted molar refractivity (Wildman–Crippen MR) is 126 cm³/mol. The molecule has 1 aliphatic rings. The summed E-state index contributed by atoms with van der Waals surface area (Å²) < 4.78 is 20.0. The third-order valence-electron chi connectivity index (χ3n) is 5.84. The summed E-state index contributed by atoms with van der Waals surface area (Å²) in [6.45, 7) is 9.20. The molecule has 2 aromatic rings. The SMILES string of the molecule is CCC(=Nc1ccc(C(C)C)cc1)C(C(=O)O)C(=O)c1cc(CN2CCOCC2)ccc1F. The number of ether oxygens (including phenoxy) is 1. The number of nitrogens with zero attached hydrogens (tertiary/aromatic N) is 2. The molecule has 1 aliphatic heterocycles. The highest BCUT2D eigenvalue weighted by Crippen LogP contribution is 2.23. The number of morpholine rings is 1. The Hall–Kier alpha value is -2.90. The van der Waals surface area contributed by atoms with Gasteiger partial charge in [-0.25, -0.2) is 4.39 Å². The van der Waals surface area contributed by atoms with Crippen LogP contribution >= 0.6 is 0 Å². The summed E-state index contributed by atoms with van der Waals surface area (Å²) in [5, 5.41) is 9.88. The van der Waals surface area contributed by atoms with E-state index in [2.05, 4.69) is 23.7 Å². The molecule has 1 N–H and O–H groups in total. The van der Waals surface area contributed by atoms with Crippen molar-refractivity contribution in [2.75, 3.05) is 26.3 Å². The van der Waals surface area contributed by atoms with Gasteiger partial charge in [-0.3, -0.25) is 19.5 Å². The van der Waals surface area contributed by atoms with E-state index < -0.39 is 23.5 Å². The zero-order valence-electron chi connectivity index (χ0n) is 19.4. The molecule has 33 heavy (non-hydrogen) atoms. The Bertz CT molecular complexity index is 1010. The maximum Gasteiger partial charge on any atom is 0.320 e. The highest BCUT2D eigenvalue weighted by Gasteiger charge is 2.33. The van der Waals surface area contributed by atoms with E-state index >= 15 is 0 Å². The second kappa shape index (κ2) is 11.3. The molecule has 1 unspecified atom stereocenters. The molecule has 2 aromatic carbocycles. The first-order valence-electron chi connectivity index (χ1n) is 11.3. The smallest absolute Gasteiger partial charge is 0.320 e. The molecule has 176 valence electrons. The van der Waals surface area contributed by atoms with Crippen LogP contribution in [0.25, 0.3) is 0 Å². The molecule has 0 saturated carbocycles. The van der Waals surface area contributed by atoms with Crippen LogP contribution in [0.2, 0.25) is 0 Å². The maximum absolute atomic E-state index is 14.6. The molecule has 6 nitrogen and oxygen atoms in total. The number of hydrogen-bond acceptors (Lipinski definition) is 5. The number of carbonyl (C=O) groups is 2. The fourth-order valence-electron chi connectivity index (χ4n) is 3.89. The van der Waals surface area contributed by atoms with Gasteiger partial charge < -0.3 is 9.84 Å². The topological polar surface area (TPSA) is 79.2 Å². The molecule has 7 heteroatoms. The number of carboxylic acids is 1. The molecule has 0 aliphatic carbocycles. The highest BCUT2D eigenvalue weighted by molar-refractivity contribution is 6.24. The minimum atomic E-state index is -1.55. The molecule has 0 radical (unpaired) electrons. The van der Waals surface area contributed by atoms with E-state index in [9.17, 15) is 19.1 Å². The van der Waals surface area contributed by atoms with Gasteiger partial charge in [0.05, 0.1) is 24.5 Å². The van der Waals surface area contributed by atoms with Crippen molar-refractivity contribution >= 4 is 23.2 Å². The Balaban J connectivity index is 1.89. The van der Waals surface area contributed by atoms with E-state index in [1.165, 1.54) is 12.1 Å². The fraction of sp³-hybridized carbons (Fsp3) is 0.423. The van der Waals surface area contributed by atoms with Crippen LogP contribution < -0.4 is 0 Å². The van der Waals surface area contributed by atoms with E-state index in [0.717, 1.165) is 24.2 Å². The van der Waals surface area contributed by atoms with Crippen LogP contribution in [-0.2, 0) is 16.1 Å². The molecule has 1 heterocycles. The van der Waals surface area contributed by atoms with Gasteiger partial charge >= 0.3 is 5.97 Å². The van der Waals surface area contributed by atoms with Gasteiger partial charge in [0.1, 0.15) is 5.82 Å². The Morgan fingerprint density at radius 1 is 1.12 bits per heavy atom. The third kappa shape index (κ3) is 6.33. The molecule has 1 atom stereocenters. The van der Waals surface area contributed by atoms with Gasteiger partial charge in [-0.05, 0) is 47.7 Å². The molecule has 0 bridgehead atoms. The fourth-order valence-corrected chi connectivity index (χ4v) is 3.89. The number of benzene rings is 2. The van der Waals surface area contributed by atoms with Gasteiger partial charge in [-0.2, -0.15) is 0 Å². The van der Waals surface area contributed by atoms with Crippen LogP contribution in [0.1, 0.15) is 54.6 Å². The van der Waals surface area contributed by atoms with Crippen LogP contribution in [0.15, 0.2) is 47.5 Å². The van der Waals surface area contributed by atoms with Crippen LogP contribution in [0.3, 0.4) is 0 Å². The van der Waals surface area contributed by atoms with Crippen molar-refractivity contribution in [1.29, 1.82) is 0 Å². The summed E-state index contributed by atoms with van der Waals surface area (Å²) in [4.78, 5) is 32.0. The number of rotatable bonds is 9. The van der Waals surface area contributed by atoms with Crippen molar-refractivity contribution in [1.82, 2.24) is 4.90 Å². The molecule has 0 aromatic heterocycles. The average Bonchev–Trinajstić information content (AvgIpc) is 2.80. The molecule has 0 amide bonds. The van der Waals surface area contributed by atoms with Gasteiger partial charge in [0.25, 0.3) is 0 Å². The van der Waals surface area contributed by atoms with E-state index in [4.69, 9.17) is 4.74 Å². The standard InChI is InChI=1S/C26H31FN2O4/c1-4-23(28-20-8-6-19(7-9-20)17(2)3)24(26(31)32)25(30)21-15-18(5-10-22(21)27)16-29-11-13-33-14-12-29/h5-10,15,17,24H,4,11-14,16H2,1-3H3,(H,31,32). The van der Waals surface area contributed by atoms with Gasteiger partial charge in [-0.1, -0.05) is 39.0 Å². The number of carboxylic acid groups (broad SMARTS) is 1. The minimum Gasteiger partial charge on any atom is -0.480 e. The summed E-state index contributed by atoms with van der Waals surface area (Å²) >= 11 is 0. The Labute approximate surface area is 194 Å². The summed E-state index contributed by atoms with van der Waals surface area (Å²) in [6, 6.07) is 11.8. The largest absolute Gasteiger partial charge is 0.480 e. The number of Topliss-reactive ketones (excluding diaryl/α,β-unsaturated/α-hetero) is 1. The zero-order chi connectivity index (χ0) is 24.0. The van der Waals surface area contributed by atoms with E-state index in [-0.39, 0.29) is 17.7 Å². The Kier molecular flexibility index (Phi) is 8.47. The molecule has 1 fully saturated rings.